The maximum Gasteiger partial charge on any atom is 0.332 e. The standard InChI is InChI=1S/C14H13ClFN5O2/c1-19-11-10(12(22)20(2)14(19)23)21(13(17)18-11)6-7-8(15)4-3-5-9(7)16/h3-5H,6H2,1-2H3,(H2,17,18). The molecule has 3 rings (SSSR count). The molecule has 0 radical (unpaired) electrons. The van der Waals surface area contributed by atoms with E-state index in [1.807, 2.05) is 0 Å². The Kier molecular flexibility index (Phi) is 3.48. The van der Waals surface area contributed by atoms with Crippen molar-refractivity contribution in [2.24, 2.45) is 14.1 Å². The number of imidazole rings is 1. The van der Waals surface area contributed by atoms with E-state index in [9.17, 15) is 14.0 Å². The van der Waals surface area contributed by atoms with Crippen LogP contribution in [0, 0.1) is 5.82 Å². The van der Waals surface area contributed by atoms with E-state index < -0.39 is 17.1 Å². The van der Waals surface area contributed by atoms with E-state index in [1.54, 1.807) is 6.07 Å². The quantitative estimate of drug-likeness (QED) is 0.751. The monoisotopic (exact) mass is 337 g/mol. The number of rotatable bonds is 2. The summed E-state index contributed by atoms with van der Waals surface area (Å²) in [5.41, 5.74) is 5.24. The molecule has 0 atom stereocenters. The molecule has 2 aromatic heterocycles. The first-order valence-electron chi connectivity index (χ1n) is 6.67. The molecule has 2 heterocycles. The summed E-state index contributed by atoms with van der Waals surface area (Å²) in [5.74, 6) is -0.516. The van der Waals surface area contributed by atoms with Gasteiger partial charge in [-0.3, -0.25) is 18.5 Å². The Balaban J connectivity index is 2.33. The lowest BCUT2D eigenvalue weighted by atomic mass is 10.2. The summed E-state index contributed by atoms with van der Waals surface area (Å²) in [6, 6.07) is 4.30. The average molecular weight is 338 g/mol. The summed E-state index contributed by atoms with van der Waals surface area (Å²) in [7, 11) is 2.84. The van der Waals surface area contributed by atoms with Gasteiger partial charge in [0.1, 0.15) is 5.82 Å². The number of nitrogen functional groups attached to an aromatic ring is 1. The van der Waals surface area contributed by atoms with Crippen molar-refractivity contribution >= 4 is 28.7 Å². The van der Waals surface area contributed by atoms with E-state index in [4.69, 9.17) is 17.3 Å². The molecule has 0 saturated heterocycles. The van der Waals surface area contributed by atoms with Gasteiger partial charge >= 0.3 is 5.69 Å². The summed E-state index contributed by atoms with van der Waals surface area (Å²) in [6.07, 6.45) is 0. The third-order valence-electron chi connectivity index (χ3n) is 3.76. The number of anilines is 1. The lowest BCUT2D eigenvalue weighted by molar-refractivity contribution is 0.602. The maximum atomic E-state index is 14.0. The number of nitrogens with two attached hydrogens (primary N) is 1. The van der Waals surface area contributed by atoms with Crippen molar-refractivity contribution in [3.63, 3.8) is 0 Å². The smallest absolute Gasteiger partial charge is 0.332 e. The van der Waals surface area contributed by atoms with E-state index in [-0.39, 0.29) is 34.2 Å². The minimum atomic E-state index is -0.556. The second-order valence-corrected chi connectivity index (χ2v) is 5.54. The van der Waals surface area contributed by atoms with Crippen molar-refractivity contribution in [1.29, 1.82) is 0 Å². The van der Waals surface area contributed by atoms with Gasteiger partial charge in [0.05, 0.1) is 6.54 Å². The third-order valence-corrected chi connectivity index (χ3v) is 4.11. The van der Waals surface area contributed by atoms with Crippen molar-refractivity contribution in [3.8, 4) is 0 Å². The highest BCUT2D eigenvalue weighted by Crippen LogP contribution is 2.23. The molecule has 0 aliphatic rings. The van der Waals surface area contributed by atoms with E-state index in [0.717, 1.165) is 4.57 Å². The summed E-state index contributed by atoms with van der Waals surface area (Å²) >= 11 is 6.02. The van der Waals surface area contributed by atoms with Crippen LogP contribution in [0.2, 0.25) is 5.02 Å². The molecule has 120 valence electrons. The molecule has 0 saturated carbocycles. The van der Waals surface area contributed by atoms with Gasteiger partial charge in [-0.05, 0) is 12.1 Å². The molecule has 3 aromatic rings. The molecule has 1 aromatic carbocycles. The number of nitrogens with zero attached hydrogens (tertiary/aromatic N) is 4. The predicted molar refractivity (Wildman–Crippen MR) is 85.1 cm³/mol. The fourth-order valence-corrected chi connectivity index (χ4v) is 2.69. The van der Waals surface area contributed by atoms with E-state index in [1.165, 1.54) is 35.4 Å². The Hall–Kier alpha value is -2.61. The maximum absolute atomic E-state index is 14.0. The van der Waals surface area contributed by atoms with E-state index in [0.29, 0.717) is 0 Å². The van der Waals surface area contributed by atoms with Gasteiger partial charge in [-0.15, -0.1) is 0 Å². The summed E-state index contributed by atoms with van der Waals surface area (Å²) in [6.45, 7) is -0.0682. The number of fused-ring (bicyclic) bond motifs is 1. The molecule has 0 fully saturated rings. The highest BCUT2D eigenvalue weighted by molar-refractivity contribution is 6.31. The molecule has 2 N–H and O–H groups in total. The van der Waals surface area contributed by atoms with Gasteiger partial charge in [-0.1, -0.05) is 17.7 Å². The summed E-state index contributed by atoms with van der Waals surface area (Å²) in [4.78, 5) is 28.4. The van der Waals surface area contributed by atoms with E-state index >= 15 is 0 Å². The first-order chi connectivity index (χ1) is 10.8. The first kappa shape index (κ1) is 15.3. The van der Waals surface area contributed by atoms with Gasteiger partial charge in [0.15, 0.2) is 11.2 Å². The van der Waals surface area contributed by atoms with Gasteiger partial charge in [-0.2, -0.15) is 4.98 Å². The number of aromatic nitrogens is 4. The molecule has 0 bridgehead atoms. The lowest BCUT2D eigenvalue weighted by Crippen LogP contribution is -2.37. The van der Waals surface area contributed by atoms with Crippen LogP contribution in [-0.4, -0.2) is 18.7 Å². The summed E-state index contributed by atoms with van der Waals surface area (Å²) < 4.78 is 17.5. The van der Waals surface area contributed by atoms with Crippen molar-refractivity contribution in [2.45, 2.75) is 6.54 Å². The highest BCUT2D eigenvalue weighted by atomic mass is 35.5. The van der Waals surface area contributed by atoms with Crippen molar-refractivity contribution in [1.82, 2.24) is 18.7 Å². The zero-order chi connectivity index (χ0) is 16.9. The molecule has 0 unspecified atom stereocenters. The molecule has 0 aliphatic heterocycles. The normalized spacial score (nSPS) is 11.3. The van der Waals surface area contributed by atoms with Crippen LogP contribution in [0.1, 0.15) is 5.56 Å². The zero-order valence-electron chi connectivity index (χ0n) is 12.4. The van der Waals surface area contributed by atoms with E-state index in [2.05, 4.69) is 4.98 Å². The Morgan fingerprint density at radius 3 is 2.61 bits per heavy atom. The SMILES string of the molecule is Cn1c(=O)c2c(nc(N)n2Cc2c(F)cccc2Cl)n(C)c1=O. The fraction of sp³-hybridized carbons (Fsp3) is 0.214. The topological polar surface area (TPSA) is 87.8 Å². The molecule has 0 aliphatic carbocycles. The van der Waals surface area contributed by atoms with Gasteiger partial charge < -0.3 is 5.73 Å². The minimum Gasteiger partial charge on any atom is -0.369 e. The van der Waals surface area contributed by atoms with Gasteiger partial charge in [0, 0.05) is 24.7 Å². The zero-order valence-corrected chi connectivity index (χ0v) is 13.1. The molecule has 0 spiro atoms. The number of halogens is 2. The largest absolute Gasteiger partial charge is 0.369 e. The van der Waals surface area contributed by atoms with Gasteiger partial charge in [0.2, 0.25) is 5.95 Å². The molecule has 0 amide bonds. The molecule has 9 heteroatoms. The fourth-order valence-electron chi connectivity index (χ4n) is 2.46. The Morgan fingerprint density at radius 2 is 1.96 bits per heavy atom. The Morgan fingerprint density at radius 1 is 1.26 bits per heavy atom. The van der Waals surface area contributed by atoms with Crippen LogP contribution < -0.4 is 17.0 Å². The van der Waals surface area contributed by atoms with Crippen molar-refractivity contribution in [2.75, 3.05) is 5.73 Å². The molecular weight excluding hydrogens is 325 g/mol. The Bertz CT molecular complexity index is 1030. The first-order valence-corrected chi connectivity index (χ1v) is 7.05. The van der Waals surface area contributed by atoms with Crippen LogP contribution in [0.4, 0.5) is 10.3 Å². The number of hydrogen-bond acceptors (Lipinski definition) is 4. The lowest BCUT2D eigenvalue weighted by Gasteiger charge is -2.10. The van der Waals surface area contributed by atoms with Crippen molar-refractivity contribution in [3.05, 3.63) is 55.4 Å². The average Bonchev–Trinajstić information content (AvgIpc) is 2.84. The van der Waals surface area contributed by atoms with Crippen LogP contribution in [-0.2, 0) is 20.6 Å². The molecular formula is C14H13ClFN5O2. The minimum absolute atomic E-state index is 0.00220. The molecule has 23 heavy (non-hydrogen) atoms. The van der Waals surface area contributed by atoms with Gasteiger partial charge in [-0.25, -0.2) is 9.18 Å². The summed E-state index contributed by atoms with van der Waals surface area (Å²) in [5, 5.41) is 0.216. The molecule has 7 nitrogen and oxygen atoms in total. The van der Waals surface area contributed by atoms with Crippen LogP contribution >= 0.6 is 11.6 Å². The van der Waals surface area contributed by atoms with Crippen LogP contribution in [0.15, 0.2) is 27.8 Å². The second-order valence-electron chi connectivity index (χ2n) is 5.13. The Labute approximate surface area is 134 Å². The number of hydrogen-bond donors (Lipinski definition) is 1. The number of aryl methyl sites for hydroxylation is 1. The second kappa shape index (κ2) is 5.24. The third kappa shape index (κ3) is 2.22. The van der Waals surface area contributed by atoms with Crippen LogP contribution in [0.3, 0.4) is 0 Å². The van der Waals surface area contributed by atoms with Crippen LogP contribution in [0.5, 0.6) is 0 Å². The van der Waals surface area contributed by atoms with Gasteiger partial charge in [0.25, 0.3) is 5.56 Å². The highest BCUT2D eigenvalue weighted by Gasteiger charge is 2.19. The van der Waals surface area contributed by atoms with Crippen LogP contribution in [0.25, 0.3) is 11.2 Å². The predicted octanol–water partition coefficient (Wildman–Crippen LogP) is 0.857. The number of benzene rings is 1. The van der Waals surface area contributed by atoms with Crippen molar-refractivity contribution < 1.29 is 4.39 Å².